The van der Waals surface area contributed by atoms with Gasteiger partial charge in [0.05, 0.1) is 33.3 Å². The summed E-state index contributed by atoms with van der Waals surface area (Å²) in [6, 6.07) is 62.5. The lowest BCUT2D eigenvalue weighted by molar-refractivity contribution is 1.01. The highest BCUT2D eigenvalue weighted by molar-refractivity contribution is 6.17. The van der Waals surface area contributed by atoms with E-state index >= 15 is 0 Å². The summed E-state index contributed by atoms with van der Waals surface area (Å²) in [7, 11) is 0. The van der Waals surface area contributed by atoms with Crippen molar-refractivity contribution in [2.45, 2.75) is 0 Å². The minimum atomic E-state index is 0.629. The second-order valence-corrected chi connectivity index (χ2v) is 13.7. The Hall–Kier alpha value is -7.37. The standard InChI is InChI=1S/C49H31N5/c1-3-12-32(13-4-1)33-22-25-36(26-23-33)53-44-20-10-8-17-40(44)47-37(18-11-21-45(47)53)35-24-27-39-38-16-7-9-19-43(38)54(46(39)30-35)49-51-42-28-29-50-31-41(42)48(52-49)34-14-5-2-6-15-34/h1-31H. The maximum atomic E-state index is 5.28. The van der Waals surface area contributed by atoms with Gasteiger partial charge in [0.15, 0.2) is 0 Å². The van der Waals surface area contributed by atoms with E-state index in [1.807, 2.05) is 30.5 Å². The van der Waals surface area contributed by atoms with Crippen LogP contribution in [0.4, 0.5) is 0 Å². The third-order valence-corrected chi connectivity index (χ3v) is 10.6. The largest absolute Gasteiger partial charge is 0.309 e. The van der Waals surface area contributed by atoms with Crippen LogP contribution in [0.3, 0.4) is 0 Å². The van der Waals surface area contributed by atoms with Gasteiger partial charge >= 0.3 is 0 Å². The van der Waals surface area contributed by atoms with E-state index in [0.29, 0.717) is 5.95 Å². The number of aromatic nitrogens is 5. The normalized spacial score (nSPS) is 11.7. The van der Waals surface area contributed by atoms with Crippen molar-refractivity contribution in [1.82, 2.24) is 24.1 Å². The van der Waals surface area contributed by atoms with E-state index in [1.54, 1.807) is 6.20 Å². The van der Waals surface area contributed by atoms with Crippen LogP contribution in [0, 0.1) is 0 Å². The summed E-state index contributed by atoms with van der Waals surface area (Å²) in [6.45, 7) is 0. The average molecular weight is 690 g/mol. The van der Waals surface area contributed by atoms with Crippen LogP contribution < -0.4 is 0 Å². The van der Waals surface area contributed by atoms with Crippen molar-refractivity contribution < 1.29 is 0 Å². The molecule has 0 N–H and O–H groups in total. The molecule has 0 saturated heterocycles. The zero-order chi connectivity index (χ0) is 35.6. The van der Waals surface area contributed by atoms with Crippen LogP contribution in [0.5, 0.6) is 0 Å². The van der Waals surface area contributed by atoms with Gasteiger partial charge in [0.1, 0.15) is 0 Å². The molecule has 11 aromatic rings. The van der Waals surface area contributed by atoms with Gasteiger partial charge in [-0.25, -0.2) is 9.97 Å². The number of hydrogen-bond acceptors (Lipinski definition) is 3. The first-order valence-corrected chi connectivity index (χ1v) is 18.2. The van der Waals surface area contributed by atoms with Gasteiger partial charge in [0, 0.05) is 50.6 Å². The summed E-state index contributed by atoms with van der Waals surface area (Å²) in [5.74, 6) is 0.629. The van der Waals surface area contributed by atoms with Crippen LogP contribution in [0.15, 0.2) is 188 Å². The number of nitrogens with zero attached hydrogens (tertiary/aromatic N) is 5. The minimum Gasteiger partial charge on any atom is -0.309 e. The molecule has 0 radical (unpaired) electrons. The van der Waals surface area contributed by atoms with E-state index in [1.165, 1.54) is 38.5 Å². The first kappa shape index (κ1) is 30.3. The van der Waals surface area contributed by atoms with E-state index in [2.05, 4.69) is 166 Å². The Morgan fingerprint density at radius 1 is 0.389 bits per heavy atom. The molecule has 0 atom stereocenters. The Labute approximate surface area is 311 Å². The highest BCUT2D eigenvalue weighted by atomic mass is 15.2. The maximum Gasteiger partial charge on any atom is 0.235 e. The van der Waals surface area contributed by atoms with Crippen molar-refractivity contribution in [3.63, 3.8) is 0 Å². The molecule has 5 heteroatoms. The number of pyridine rings is 1. The fraction of sp³-hybridized carbons (Fsp3) is 0. The van der Waals surface area contributed by atoms with Crippen LogP contribution in [-0.4, -0.2) is 24.1 Å². The van der Waals surface area contributed by atoms with Crippen molar-refractivity contribution in [1.29, 1.82) is 0 Å². The summed E-state index contributed by atoms with van der Waals surface area (Å²) < 4.78 is 4.61. The van der Waals surface area contributed by atoms with Gasteiger partial charge < -0.3 is 4.57 Å². The number of rotatable bonds is 5. The van der Waals surface area contributed by atoms with Crippen LogP contribution in [0.25, 0.3) is 99.7 Å². The van der Waals surface area contributed by atoms with Crippen LogP contribution >= 0.6 is 0 Å². The second-order valence-electron chi connectivity index (χ2n) is 13.7. The van der Waals surface area contributed by atoms with Gasteiger partial charge in [-0.3, -0.25) is 9.55 Å². The van der Waals surface area contributed by atoms with Crippen molar-refractivity contribution in [3.05, 3.63) is 188 Å². The van der Waals surface area contributed by atoms with Crippen molar-refractivity contribution >= 4 is 54.5 Å². The summed E-state index contributed by atoms with van der Waals surface area (Å²) in [4.78, 5) is 14.9. The molecule has 0 saturated carbocycles. The van der Waals surface area contributed by atoms with E-state index in [-0.39, 0.29) is 0 Å². The van der Waals surface area contributed by atoms with E-state index < -0.39 is 0 Å². The molecule has 0 aliphatic carbocycles. The predicted molar refractivity (Wildman–Crippen MR) is 222 cm³/mol. The topological polar surface area (TPSA) is 48.5 Å². The fourth-order valence-electron chi connectivity index (χ4n) is 8.20. The Morgan fingerprint density at radius 2 is 1.02 bits per heavy atom. The fourth-order valence-corrected chi connectivity index (χ4v) is 8.20. The molecule has 0 bridgehead atoms. The van der Waals surface area contributed by atoms with Gasteiger partial charge in [-0.05, 0) is 64.7 Å². The molecule has 0 fully saturated rings. The summed E-state index contributed by atoms with van der Waals surface area (Å²) in [5, 5.41) is 5.68. The summed E-state index contributed by atoms with van der Waals surface area (Å²) in [5.41, 5.74) is 13.1. The van der Waals surface area contributed by atoms with Crippen molar-refractivity contribution in [2.24, 2.45) is 0 Å². The van der Waals surface area contributed by atoms with Gasteiger partial charge in [-0.2, -0.15) is 0 Å². The van der Waals surface area contributed by atoms with E-state index in [4.69, 9.17) is 9.97 Å². The lowest BCUT2D eigenvalue weighted by Crippen LogP contribution is -2.03. The molecule has 11 rings (SSSR count). The first-order valence-electron chi connectivity index (χ1n) is 18.2. The Kier molecular flexibility index (Phi) is 6.79. The third-order valence-electron chi connectivity index (χ3n) is 10.6. The number of para-hydroxylation sites is 2. The molecule has 4 heterocycles. The van der Waals surface area contributed by atoms with Gasteiger partial charge in [-0.15, -0.1) is 0 Å². The number of fused-ring (bicyclic) bond motifs is 7. The number of benzene rings is 7. The zero-order valence-electron chi connectivity index (χ0n) is 29.1. The molecule has 252 valence electrons. The van der Waals surface area contributed by atoms with Crippen LogP contribution in [0.2, 0.25) is 0 Å². The summed E-state index contributed by atoms with van der Waals surface area (Å²) >= 11 is 0. The second kappa shape index (κ2) is 12.1. The lowest BCUT2D eigenvalue weighted by atomic mass is 9.98. The van der Waals surface area contributed by atoms with Gasteiger partial charge in [-0.1, -0.05) is 133 Å². The monoisotopic (exact) mass is 689 g/mol. The van der Waals surface area contributed by atoms with Gasteiger partial charge in [0.25, 0.3) is 0 Å². The summed E-state index contributed by atoms with van der Waals surface area (Å²) in [6.07, 6.45) is 3.66. The Bertz CT molecular complexity index is 3200. The van der Waals surface area contributed by atoms with Crippen LogP contribution in [0.1, 0.15) is 0 Å². The third kappa shape index (κ3) is 4.69. The number of hydrogen-bond donors (Lipinski definition) is 0. The highest BCUT2D eigenvalue weighted by Gasteiger charge is 2.20. The van der Waals surface area contributed by atoms with E-state index in [9.17, 15) is 0 Å². The van der Waals surface area contributed by atoms with Crippen molar-refractivity contribution in [2.75, 3.05) is 0 Å². The molecular formula is C49H31N5. The molecular weight excluding hydrogens is 659 g/mol. The average Bonchev–Trinajstić information content (AvgIpc) is 3.77. The molecule has 54 heavy (non-hydrogen) atoms. The van der Waals surface area contributed by atoms with E-state index in [0.717, 1.165) is 55.2 Å². The molecule has 4 aromatic heterocycles. The minimum absolute atomic E-state index is 0.629. The molecule has 0 spiro atoms. The van der Waals surface area contributed by atoms with Crippen LogP contribution in [-0.2, 0) is 0 Å². The first-order chi connectivity index (χ1) is 26.8. The predicted octanol–water partition coefficient (Wildman–Crippen LogP) is 12.2. The molecule has 0 unspecified atom stereocenters. The quantitative estimate of drug-likeness (QED) is 0.181. The molecule has 7 aromatic carbocycles. The van der Waals surface area contributed by atoms with Gasteiger partial charge in [0.2, 0.25) is 5.95 Å². The Morgan fingerprint density at radius 3 is 1.81 bits per heavy atom. The van der Waals surface area contributed by atoms with Crippen molar-refractivity contribution in [3.8, 4) is 45.1 Å². The molecule has 0 aliphatic rings. The maximum absolute atomic E-state index is 5.28. The lowest BCUT2D eigenvalue weighted by Gasteiger charge is -2.12. The SMILES string of the molecule is c1ccc(-c2ccc(-n3c4ccccc4c4c(-c5ccc6c7ccccc7n(-c7nc(-c8ccccc8)c8cnccc8n7)c6c5)cccc43)cc2)cc1. The Balaban J connectivity index is 1.14. The smallest absolute Gasteiger partial charge is 0.235 e. The molecule has 0 amide bonds. The molecule has 0 aliphatic heterocycles. The zero-order valence-corrected chi connectivity index (χ0v) is 29.1. The highest BCUT2D eigenvalue weighted by Crippen LogP contribution is 2.41. The molecule has 5 nitrogen and oxygen atoms in total.